The minimum Gasteiger partial charge on any atom is -0.313 e. The van der Waals surface area contributed by atoms with Gasteiger partial charge in [0.05, 0.1) is 22.4 Å². The maximum atomic E-state index is 6.65. The maximum Gasteiger partial charge on any atom is 0.0716 e. The molecule has 118 valence electrons. The standard InChI is InChI=1S/C20H16ClN3/c1-13-3-6-22-11-17(13)16-9-15-5-8-24(20(15)18(21)10-16)19-12-23-7-4-14(19)2/h3-12H,1-2H3. The van der Waals surface area contributed by atoms with E-state index in [1.807, 2.05) is 36.8 Å². The Bertz CT molecular complexity index is 1050. The molecule has 0 aliphatic rings. The second kappa shape index (κ2) is 5.77. The summed E-state index contributed by atoms with van der Waals surface area (Å²) in [6.45, 7) is 4.16. The minimum atomic E-state index is 0.721. The van der Waals surface area contributed by atoms with Crippen LogP contribution in [0.2, 0.25) is 5.02 Å². The molecule has 1 aromatic carbocycles. The number of fused-ring (bicyclic) bond motifs is 1. The fraction of sp³-hybridized carbons (Fsp3) is 0.100. The van der Waals surface area contributed by atoms with Gasteiger partial charge in [0.15, 0.2) is 0 Å². The van der Waals surface area contributed by atoms with Crippen LogP contribution < -0.4 is 0 Å². The van der Waals surface area contributed by atoms with Crippen LogP contribution in [0.25, 0.3) is 27.7 Å². The van der Waals surface area contributed by atoms with E-state index < -0.39 is 0 Å². The highest BCUT2D eigenvalue weighted by Gasteiger charge is 2.12. The number of nitrogens with zero attached hydrogens (tertiary/aromatic N) is 3. The molecule has 24 heavy (non-hydrogen) atoms. The number of aromatic nitrogens is 3. The molecule has 0 aliphatic carbocycles. The van der Waals surface area contributed by atoms with Crippen molar-refractivity contribution in [3.05, 3.63) is 77.5 Å². The fourth-order valence-corrected chi connectivity index (χ4v) is 3.38. The summed E-state index contributed by atoms with van der Waals surface area (Å²) < 4.78 is 2.10. The topological polar surface area (TPSA) is 30.7 Å². The molecular weight excluding hydrogens is 318 g/mol. The number of hydrogen-bond acceptors (Lipinski definition) is 2. The lowest BCUT2D eigenvalue weighted by molar-refractivity contribution is 1.07. The molecule has 0 unspecified atom stereocenters. The summed E-state index contributed by atoms with van der Waals surface area (Å²) in [4.78, 5) is 8.48. The Balaban J connectivity index is 1.94. The van der Waals surface area contributed by atoms with E-state index in [0.717, 1.165) is 38.3 Å². The molecule has 4 heteroatoms. The Hall–Kier alpha value is -2.65. The van der Waals surface area contributed by atoms with Gasteiger partial charge in [-0.15, -0.1) is 0 Å². The third-order valence-electron chi connectivity index (χ3n) is 4.36. The summed E-state index contributed by atoms with van der Waals surface area (Å²) in [7, 11) is 0. The molecule has 0 N–H and O–H groups in total. The molecule has 0 saturated heterocycles. The lowest BCUT2D eigenvalue weighted by Gasteiger charge is -2.11. The molecule has 0 fully saturated rings. The third-order valence-corrected chi connectivity index (χ3v) is 4.65. The van der Waals surface area contributed by atoms with Crippen LogP contribution in [0.5, 0.6) is 0 Å². The second-order valence-electron chi connectivity index (χ2n) is 5.93. The number of benzene rings is 1. The van der Waals surface area contributed by atoms with Crippen LogP contribution in [0.1, 0.15) is 11.1 Å². The van der Waals surface area contributed by atoms with Crippen molar-refractivity contribution in [3.8, 4) is 16.8 Å². The van der Waals surface area contributed by atoms with Gasteiger partial charge < -0.3 is 4.57 Å². The van der Waals surface area contributed by atoms with Crippen molar-refractivity contribution in [2.75, 3.05) is 0 Å². The normalized spacial score (nSPS) is 11.1. The average molecular weight is 334 g/mol. The zero-order valence-corrected chi connectivity index (χ0v) is 14.2. The number of pyridine rings is 2. The van der Waals surface area contributed by atoms with E-state index in [0.29, 0.717) is 0 Å². The Labute approximate surface area is 145 Å². The lowest BCUT2D eigenvalue weighted by atomic mass is 10.0. The first-order valence-electron chi connectivity index (χ1n) is 7.78. The van der Waals surface area contributed by atoms with Crippen LogP contribution in [0.15, 0.2) is 61.3 Å². The van der Waals surface area contributed by atoms with Gasteiger partial charge in [-0.25, -0.2) is 0 Å². The van der Waals surface area contributed by atoms with E-state index in [1.165, 1.54) is 5.56 Å². The Morgan fingerprint density at radius 3 is 2.42 bits per heavy atom. The van der Waals surface area contributed by atoms with Crippen molar-refractivity contribution in [2.24, 2.45) is 0 Å². The molecule has 3 aromatic heterocycles. The van der Waals surface area contributed by atoms with Crippen LogP contribution in [0.4, 0.5) is 0 Å². The third kappa shape index (κ3) is 2.38. The van der Waals surface area contributed by atoms with E-state index in [4.69, 9.17) is 11.6 Å². The summed E-state index contributed by atoms with van der Waals surface area (Å²) in [5, 5.41) is 1.82. The first kappa shape index (κ1) is 14.9. The van der Waals surface area contributed by atoms with Crippen LogP contribution in [0, 0.1) is 13.8 Å². The largest absolute Gasteiger partial charge is 0.313 e. The fourth-order valence-electron chi connectivity index (χ4n) is 3.06. The van der Waals surface area contributed by atoms with E-state index in [1.54, 1.807) is 12.4 Å². The zero-order chi connectivity index (χ0) is 16.7. The molecule has 0 amide bonds. The van der Waals surface area contributed by atoms with Gasteiger partial charge in [-0.2, -0.15) is 0 Å². The zero-order valence-electron chi connectivity index (χ0n) is 13.5. The van der Waals surface area contributed by atoms with Crippen molar-refractivity contribution < 1.29 is 0 Å². The van der Waals surface area contributed by atoms with E-state index in [2.05, 4.69) is 40.5 Å². The molecule has 0 spiro atoms. The minimum absolute atomic E-state index is 0.721. The smallest absolute Gasteiger partial charge is 0.0716 e. The van der Waals surface area contributed by atoms with E-state index in [-0.39, 0.29) is 0 Å². The van der Waals surface area contributed by atoms with Crippen molar-refractivity contribution in [3.63, 3.8) is 0 Å². The highest BCUT2D eigenvalue weighted by Crippen LogP contribution is 2.34. The number of aryl methyl sites for hydroxylation is 2. The molecule has 0 saturated carbocycles. The van der Waals surface area contributed by atoms with E-state index >= 15 is 0 Å². The predicted octanol–water partition coefficient (Wildman–Crippen LogP) is 5.36. The Morgan fingerprint density at radius 1 is 0.917 bits per heavy atom. The number of hydrogen-bond donors (Lipinski definition) is 0. The van der Waals surface area contributed by atoms with Crippen LogP contribution in [-0.4, -0.2) is 14.5 Å². The second-order valence-corrected chi connectivity index (χ2v) is 6.34. The highest BCUT2D eigenvalue weighted by molar-refractivity contribution is 6.35. The van der Waals surface area contributed by atoms with Crippen LogP contribution >= 0.6 is 11.6 Å². The highest BCUT2D eigenvalue weighted by atomic mass is 35.5. The summed E-state index contributed by atoms with van der Waals surface area (Å²) in [5.41, 5.74) is 6.57. The van der Waals surface area contributed by atoms with Crippen molar-refractivity contribution >= 4 is 22.5 Å². The molecule has 0 atom stereocenters. The van der Waals surface area contributed by atoms with Crippen molar-refractivity contribution in [2.45, 2.75) is 13.8 Å². The van der Waals surface area contributed by atoms with Crippen molar-refractivity contribution in [1.82, 2.24) is 14.5 Å². The summed E-state index contributed by atoms with van der Waals surface area (Å²) in [6, 6.07) is 10.3. The lowest BCUT2D eigenvalue weighted by Crippen LogP contribution is -1.96. The molecule has 4 rings (SSSR count). The van der Waals surface area contributed by atoms with Gasteiger partial charge in [0, 0.05) is 35.7 Å². The van der Waals surface area contributed by atoms with Gasteiger partial charge in [0.1, 0.15) is 0 Å². The molecule has 3 nitrogen and oxygen atoms in total. The molecule has 0 radical (unpaired) electrons. The molecular formula is C20H16ClN3. The summed E-state index contributed by atoms with van der Waals surface area (Å²) in [5.74, 6) is 0. The molecule has 0 aliphatic heterocycles. The van der Waals surface area contributed by atoms with Crippen LogP contribution in [-0.2, 0) is 0 Å². The summed E-state index contributed by atoms with van der Waals surface area (Å²) in [6.07, 6.45) is 9.40. The average Bonchev–Trinajstić information content (AvgIpc) is 3.00. The van der Waals surface area contributed by atoms with E-state index in [9.17, 15) is 0 Å². The first-order valence-corrected chi connectivity index (χ1v) is 8.15. The molecule has 0 bridgehead atoms. The van der Waals surface area contributed by atoms with Gasteiger partial charge in [-0.05, 0) is 60.9 Å². The predicted molar refractivity (Wildman–Crippen MR) is 98.8 cm³/mol. The van der Waals surface area contributed by atoms with Gasteiger partial charge in [-0.3, -0.25) is 9.97 Å². The van der Waals surface area contributed by atoms with Gasteiger partial charge in [0.2, 0.25) is 0 Å². The van der Waals surface area contributed by atoms with Gasteiger partial charge >= 0.3 is 0 Å². The quantitative estimate of drug-likeness (QED) is 0.494. The Morgan fingerprint density at radius 2 is 1.67 bits per heavy atom. The maximum absolute atomic E-state index is 6.65. The molecule has 4 aromatic rings. The Kier molecular flexibility index (Phi) is 3.58. The monoisotopic (exact) mass is 333 g/mol. The molecule has 3 heterocycles. The number of halogens is 1. The van der Waals surface area contributed by atoms with Crippen molar-refractivity contribution in [1.29, 1.82) is 0 Å². The first-order chi connectivity index (χ1) is 11.6. The van der Waals surface area contributed by atoms with Gasteiger partial charge in [0.25, 0.3) is 0 Å². The van der Waals surface area contributed by atoms with Crippen LogP contribution in [0.3, 0.4) is 0 Å². The SMILES string of the molecule is Cc1ccncc1-c1cc(Cl)c2c(ccn2-c2cnccc2C)c1. The van der Waals surface area contributed by atoms with Gasteiger partial charge in [-0.1, -0.05) is 11.6 Å². The summed E-state index contributed by atoms with van der Waals surface area (Å²) >= 11 is 6.65. The number of rotatable bonds is 2.